The van der Waals surface area contributed by atoms with Gasteiger partial charge in [-0.1, -0.05) is 12.1 Å². The summed E-state index contributed by atoms with van der Waals surface area (Å²) < 4.78 is 38.6. The van der Waals surface area contributed by atoms with Crippen molar-refractivity contribution in [2.75, 3.05) is 5.75 Å². The standard InChI is InChI=1S/C16H15BFNO5S/c17-13(9-20)10-25(23,24)16-5-4-14(18)8-12(16)6-11-2-1-3-15(7-11)19(21)22/h1-5,7-9,13H,6,10,17H2. The van der Waals surface area contributed by atoms with Gasteiger partial charge in [0.15, 0.2) is 9.84 Å². The molecule has 0 N–H and O–H groups in total. The summed E-state index contributed by atoms with van der Waals surface area (Å²) in [5.41, 5.74) is 0.547. The second-order valence-electron chi connectivity index (χ2n) is 5.75. The lowest BCUT2D eigenvalue weighted by molar-refractivity contribution is -0.384. The summed E-state index contributed by atoms with van der Waals surface area (Å²) in [5, 5.41) is 10.9. The summed E-state index contributed by atoms with van der Waals surface area (Å²) in [6, 6.07) is 9.01. The summed E-state index contributed by atoms with van der Waals surface area (Å²) in [7, 11) is -2.32. The highest BCUT2D eigenvalue weighted by Crippen LogP contribution is 2.24. The van der Waals surface area contributed by atoms with Crippen molar-refractivity contribution in [3.8, 4) is 0 Å². The first-order valence-corrected chi connectivity index (χ1v) is 9.08. The van der Waals surface area contributed by atoms with Gasteiger partial charge in [-0.05, 0) is 41.6 Å². The van der Waals surface area contributed by atoms with Crippen molar-refractivity contribution >= 4 is 29.7 Å². The molecule has 0 saturated carbocycles. The topological polar surface area (TPSA) is 94.3 Å². The Hall–Kier alpha value is -2.55. The lowest BCUT2D eigenvalue weighted by Gasteiger charge is -2.12. The van der Waals surface area contributed by atoms with E-state index >= 15 is 0 Å². The summed E-state index contributed by atoms with van der Waals surface area (Å²) in [5.74, 6) is -1.69. The van der Waals surface area contributed by atoms with E-state index in [9.17, 15) is 27.7 Å². The molecule has 0 aromatic heterocycles. The smallest absolute Gasteiger partial charge is 0.269 e. The molecular formula is C16H15BFNO5S. The zero-order chi connectivity index (χ0) is 18.6. The van der Waals surface area contributed by atoms with Crippen LogP contribution in [0.5, 0.6) is 0 Å². The maximum absolute atomic E-state index is 13.6. The third kappa shape index (κ3) is 4.73. The molecular weight excluding hydrogens is 348 g/mol. The van der Waals surface area contributed by atoms with Gasteiger partial charge < -0.3 is 4.79 Å². The van der Waals surface area contributed by atoms with Gasteiger partial charge in [0.2, 0.25) is 0 Å². The fraction of sp³-hybridized carbons (Fsp3) is 0.188. The van der Waals surface area contributed by atoms with Gasteiger partial charge in [0.1, 0.15) is 19.9 Å². The molecule has 9 heteroatoms. The first-order chi connectivity index (χ1) is 11.7. The summed E-state index contributed by atoms with van der Waals surface area (Å²) in [6.45, 7) is 0. The minimum Gasteiger partial charge on any atom is -0.304 e. The zero-order valence-corrected chi connectivity index (χ0v) is 14.2. The van der Waals surface area contributed by atoms with Crippen molar-refractivity contribution in [3.05, 3.63) is 69.5 Å². The average Bonchev–Trinajstić information content (AvgIpc) is 2.54. The molecule has 0 fully saturated rings. The number of aldehydes is 1. The fourth-order valence-electron chi connectivity index (χ4n) is 2.46. The Morgan fingerprint density at radius 2 is 1.96 bits per heavy atom. The molecule has 0 aliphatic carbocycles. The van der Waals surface area contributed by atoms with Crippen LogP contribution in [0.1, 0.15) is 11.1 Å². The van der Waals surface area contributed by atoms with Crippen LogP contribution in [0.4, 0.5) is 10.1 Å². The van der Waals surface area contributed by atoms with E-state index in [1.54, 1.807) is 6.07 Å². The quantitative estimate of drug-likeness (QED) is 0.245. The van der Waals surface area contributed by atoms with Gasteiger partial charge in [-0.3, -0.25) is 10.1 Å². The van der Waals surface area contributed by atoms with Crippen LogP contribution in [0.2, 0.25) is 5.82 Å². The molecule has 6 nitrogen and oxygen atoms in total. The van der Waals surface area contributed by atoms with Crippen molar-refractivity contribution in [2.45, 2.75) is 17.1 Å². The molecule has 2 rings (SSSR count). The first kappa shape index (κ1) is 18.8. The van der Waals surface area contributed by atoms with Gasteiger partial charge >= 0.3 is 0 Å². The average molecular weight is 363 g/mol. The maximum atomic E-state index is 13.6. The number of nitro benzene ring substituents is 1. The van der Waals surface area contributed by atoms with Crippen LogP contribution in [0.25, 0.3) is 0 Å². The van der Waals surface area contributed by atoms with Gasteiger partial charge in [0.25, 0.3) is 5.69 Å². The zero-order valence-electron chi connectivity index (χ0n) is 13.4. The molecule has 0 heterocycles. The van der Waals surface area contributed by atoms with E-state index in [0.29, 0.717) is 11.8 Å². The summed E-state index contributed by atoms with van der Waals surface area (Å²) in [4.78, 5) is 21.0. The number of sulfone groups is 1. The number of hydrogen-bond donors (Lipinski definition) is 0. The van der Waals surface area contributed by atoms with Gasteiger partial charge in [0, 0.05) is 12.1 Å². The van der Waals surface area contributed by atoms with Gasteiger partial charge in [-0.25, -0.2) is 12.8 Å². The third-order valence-corrected chi connectivity index (χ3v) is 5.62. The molecule has 0 amide bonds. The number of carbonyl (C=O) groups excluding carboxylic acids is 1. The van der Waals surface area contributed by atoms with E-state index in [4.69, 9.17) is 0 Å². The summed E-state index contributed by atoms with van der Waals surface area (Å²) >= 11 is 0. The molecule has 0 aliphatic rings. The molecule has 0 bridgehead atoms. The minimum atomic E-state index is -3.80. The highest BCUT2D eigenvalue weighted by molar-refractivity contribution is 7.91. The first-order valence-electron chi connectivity index (χ1n) is 7.43. The predicted molar refractivity (Wildman–Crippen MR) is 92.7 cm³/mol. The summed E-state index contributed by atoms with van der Waals surface area (Å²) in [6.07, 6.45) is 0.560. The Kier molecular flexibility index (Phi) is 5.68. The van der Waals surface area contributed by atoms with Gasteiger partial charge in [-0.2, -0.15) is 0 Å². The fourth-order valence-corrected chi connectivity index (χ4v) is 4.22. The molecule has 130 valence electrons. The van der Waals surface area contributed by atoms with E-state index in [0.717, 1.165) is 18.2 Å². The monoisotopic (exact) mass is 363 g/mol. The van der Waals surface area contributed by atoms with Crippen molar-refractivity contribution in [1.29, 1.82) is 0 Å². The van der Waals surface area contributed by atoms with E-state index < -0.39 is 26.4 Å². The van der Waals surface area contributed by atoms with Crippen LogP contribution in [0, 0.1) is 15.9 Å². The van der Waals surface area contributed by atoms with Crippen LogP contribution in [-0.4, -0.2) is 33.2 Å². The van der Waals surface area contributed by atoms with Gasteiger partial charge in [0.05, 0.1) is 15.6 Å². The number of rotatable bonds is 7. The van der Waals surface area contributed by atoms with Crippen LogP contribution >= 0.6 is 0 Å². The Balaban J connectivity index is 2.44. The number of halogens is 1. The lowest BCUT2D eigenvalue weighted by Crippen LogP contribution is -2.15. The number of carbonyl (C=O) groups is 1. The van der Waals surface area contributed by atoms with Crippen molar-refractivity contribution in [3.63, 3.8) is 0 Å². The molecule has 2 aromatic rings. The molecule has 2 aromatic carbocycles. The molecule has 1 atom stereocenters. The Labute approximate surface area is 145 Å². The van der Waals surface area contributed by atoms with Gasteiger partial charge in [-0.15, -0.1) is 0 Å². The van der Waals surface area contributed by atoms with Crippen molar-refractivity contribution < 1.29 is 22.5 Å². The largest absolute Gasteiger partial charge is 0.304 e. The highest BCUT2D eigenvalue weighted by atomic mass is 32.2. The Bertz CT molecular complexity index is 916. The van der Waals surface area contributed by atoms with Crippen LogP contribution in [0.15, 0.2) is 47.4 Å². The number of benzene rings is 2. The second kappa shape index (κ2) is 7.56. The van der Waals surface area contributed by atoms with Crippen molar-refractivity contribution in [2.24, 2.45) is 0 Å². The third-order valence-electron chi connectivity index (χ3n) is 3.59. The van der Waals surface area contributed by atoms with E-state index in [2.05, 4.69) is 0 Å². The molecule has 0 saturated heterocycles. The number of hydrogen-bond acceptors (Lipinski definition) is 5. The molecule has 0 radical (unpaired) electrons. The normalized spacial score (nSPS) is 12.5. The van der Waals surface area contributed by atoms with Crippen LogP contribution < -0.4 is 0 Å². The van der Waals surface area contributed by atoms with Crippen LogP contribution in [0.3, 0.4) is 0 Å². The number of nitrogens with zero attached hydrogens (tertiary/aromatic N) is 1. The Morgan fingerprint density at radius 1 is 1.24 bits per heavy atom. The molecule has 0 aliphatic heterocycles. The van der Waals surface area contributed by atoms with E-state index in [-0.39, 0.29) is 28.3 Å². The van der Waals surface area contributed by atoms with Crippen molar-refractivity contribution in [1.82, 2.24) is 0 Å². The molecule has 25 heavy (non-hydrogen) atoms. The lowest BCUT2D eigenvalue weighted by atomic mass is 9.91. The Morgan fingerprint density at radius 3 is 2.60 bits per heavy atom. The van der Waals surface area contributed by atoms with E-state index in [1.807, 2.05) is 0 Å². The molecule has 0 spiro atoms. The maximum Gasteiger partial charge on any atom is 0.269 e. The SMILES string of the molecule is BC(C=O)CS(=O)(=O)c1ccc(F)cc1Cc1cccc([N+](=O)[O-])c1. The number of non-ortho nitro benzene ring substituents is 1. The van der Waals surface area contributed by atoms with E-state index in [1.165, 1.54) is 26.0 Å². The minimum absolute atomic E-state index is 0.0173. The molecule has 1 unspecified atom stereocenters. The van der Waals surface area contributed by atoms with Crippen LogP contribution in [-0.2, 0) is 21.1 Å². The number of nitro groups is 1. The second-order valence-corrected chi connectivity index (χ2v) is 7.75. The highest BCUT2D eigenvalue weighted by Gasteiger charge is 2.22. The predicted octanol–water partition coefficient (Wildman–Crippen LogP) is 1.72.